The lowest BCUT2D eigenvalue weighted by Gasteiger charge is -2.15. The van der Waals surface area contributed by atoms with Crippen LogP contribution in [0.25, 0.3) is 0 Å². The number of methoxy groups -OCH3 is 1. The summed E-state index contributed by atoms with van der Waals surface area (Å²) in [5, 5.41) is 0.555. The van der Waals surface area contributed by atoms with Crippen molar-refractivity contribution in [3.63, 3.8) is 0 Å². The molecule has 0 fully saturated rings. The van der Waals surface area contributed by atoms with E-state index < -0.39 is 0 Å². The number of benzene rings is 1. The van der Waals surface area contributed by atoms with Crippen LogP contribution in [0.3, 0.4) is 0 Å². The molecule has 0 aliphatic rings. The largest absolute Gasteiger partial charge is 0.495 e. The molecular formula is C11H12BrClO2. The maximum atomic E-state index is 10.5. The number of carbonyl (C=O) groups is 1. The van der Waals surface area contributed by atoms with E-state index in [4.69, 9.17) is 16.3 Å². The second-order valence-electron chi connectivity index (χ2n) is 3.31. The third-order valence-corrected chi connectivity index (χ3v) is 2.96. The molecule has 0 bridgehead atoms. The summed E-state index contributed by atoms with van der Waals surface area (Å²) in [7, 11) is 1.58. The SMILES string of the molecule is COc1c(Cl)cc(Br)cc1C(C)CC=O. The molecule has 2 nitrogen and oxygen atoms in total. The van der Waals surface area contributed by atoms with Gasteiger partial charge in [0.05, 0.1) is 12.1 Å². The first-order chi connectivity index (χ1) is 7.10. The number of hydrogen-bond donors (Lipinski definition) is 0. The minimum Gasteiger partial charge on any atom is -0.495 e. The van der Waals surface area contributed by atoms with Gasteiger partial charge in [-0.2, -0.15) is 0 Å². The topological polar surface area (TPSA) is 26.3 Å². The van der Waals surface area contributed by atoms with Crippen molar-refractivity contribution in [2.75, 3.05) is 7.11 Å². The van der Waals surface area contributed by atoms with Crippen molar-refractivity contribution in [1.29, 1.82) is 0 Å². The molecule has 1 rings (SSSR count). The summed E-state index contributed by atoms with van der Waals surface area (Å²) < 4.78 is 6.12. The fourth-order valence-electron chi connectivity index (χ4n) is 1.43. The highest BCUT2D eigenvalue weighted by molar-refractivity contribution is 9.10. The molecule has 4 heteroatoms. The Morgan fingerprint density at radius 3 is 2.80 bits per heavy atom. The standard InChI is InChI=1S/C11H12BrClO2/c1-7(3-4-14)9-5-8(12)6-10(13)11(9)15-2/h4-7H,3H2,1-2H3. The summed E-state index contributed by atoms with van der Waals surface area (Å²) in [5.41, 5.74) is 0.948. The number of hydrogen-bond acceptors (Lipinski definition) is 2. The van der Waals surface area contributed by atoms with Crippen molar-refractivity contribution in [3.05, 3.63) is 27.2 Å². The molecule has 1 aromatic carbocycles. The highest BCUT2D eigenvalue weighted by Crippen LogP contribution is 2.37. The monoisotopic (exact) mass is 290 g/mol. The van der Waals surface area contributed by atoms with Gasteiger partial charge in [-0.05, 0) is 18.1 Å². The lowest BCUT2D eigenvalue weighted by Crippen LogP contribution is -1.99. The van der Waals surface area contributed by atoms with Crippen LogP contribution in [0.4, 0.5) is 0 Å². The molecule has 15 heavy (non-hydrogen) atoms. The number of halogens is 2. The van der Waals surface area contributed by atoms with E-state index in [1.54, 1.807) is 13.2 Å². The first kappa shape index (κ1) is 12.5. The predicted octanol–water partition coefficient (Wildman–Crippen LogP) is 3.80. The third kappa shape index (κ3) is 2.95. The molecule has 82 valence electrons. The summed E-state index contributed by atoms with van der Waals surface area (Å²) in [6, 6.07) is 3.70. The minimum atomic E-state index is 0.104. The van der Waals surface area contributed by atoms with Gasteiger partial charge in [0.25, 0.3) is 0 Å². The number of rotatable bonds is 4. The summed E-state index contributed by atoms with van der Waals surface area (Å²) in [5.74, 6) is 0.752. The Bertz CT molecular complexity index is 366. The maximum Gasteiger partial charge on any atom is 0.140 e. The molecule has 0 heterocycles. The summed E-state index contributed by atoms with van der Waals surface area (Å²) >= 11 is 9.40. The fraction of sp³-hybridized carbons (Fsp3) is 0.364. The Balaban J connectivity index is 3.19. The molecule has 0 aliphatic heterocycles. The molecule has 1 aromatic rings. The van der Waals surface area contributed by atoms with Crippen LogP contribution in [-0.2, 0) is 4.79 Å². The van der Waals surface area contributed by atoms with E-state index in [1.165, 1.54) is 0 Å². The van der Waals surface area contributed by atoms with E-state index >= 15 is 0 Å². The normalized spacial score (nSPS) is 12.3. The first-order valence-corrected chi connectivity index (χ1v) is 5.73. The Morgan fingerprint density at radius 2 is 2.27 bits per heavy atom. The van der Waals surface area contributed by atoms with Crippen LogP contribution in [0.15, 0.2) is 16.6 Å². The van der Waals surface area contributed by atoms with E-state index in [0.29, 0.717) is 17.2 Å². The van der Waals surface area contributed by atoms with Gasteiger partial charge in [0.15, 0.2) is 0 Å². The van der Waals surface area contributed by atoms with Crippen LogP contribution in [-0.4, -0.2) is 13.4 Å². The van der Waals surface area contributed by atoms with Crippen molar-refractivity contribution >= 4 is 33.8 Å². The average molecular weight is 292 g/mol. The van der Waals surface area contributed by atoms with E-state index in [-0.39, 0.29) is 5.92 Å². The van der Waals surface area contributed by atoms with Crippen molar-refractivity contribution in [1.82, 2.24) is 0 Å². The molecule has 1 unspecified atom stereocenters. The first-order valence-electron chi connectivity index (χ1n) is 4.56. The second kappa shape index (κ2) is 5.52. The lowest BCUT2D eigenvalue weighted by molar-refractivity contribution is -0.108. The van der Waals surface area contributed by atoms with Gasteiger partial charge < -0.3 is 9.53 Å². The smallest absolute Gasteiger partial charge is 0.140 e. The zero-order chi connectivity index (χ0) is 11.4. The molecular weight excluding hydrogens is 279 g/mol. The number of ether oxygens (including phenoxy) is 1. The molecule has 0 aromatic heterocycles. The molecule has 0 saturated carbocycles. The van der Waals surface area contributed by atoms with Crippen LogP contribution < -0.4 is 4.74 Å². The number of carbonyl (C=O) groups excluding carboxylic acids is 1. The van der Waals surface area contributed by atoms with Crippen molar-refractivity contribution in [2.45, 2.75) is 19.3 Å². The van der Waals surface area contributed by atoms with Crippen LogP contribution in [0.1, 0.15) is 24.8 Å². The third-order valence-electron chi connectivity index (χ3n) is 2.22. The summed E-state index contributed by atoms with van der Waals surface area (Å²) in [6.07, 6.45) is 1.36. The molecule has 0 amide bonds. The summed E-state index contributed by atoms with van der Waals surface area (Å²) in [4.78, 5) is 10.5. The van der Waals surface area contributed by atoms with Crippen molar-refractivity contribution in [3.8, 4) is 5.75 Å². The van der Waals surface area contributed by atoms with Crippen molar-refractivity contribution < 1.29 is 9.53 Å². The Morgan fingerprint density at radius 1 is 1.60 bits per heavy atom. The highest BCUT2D eigenvalue weighted by atomic mass is 79.9. The van der Waals surface area contributed by atoms with Crippen LogP contribution in [0.5, 0.6) is 5.75 Å². The van der Waals surface area contributed by atoms with Crippen LogP contribution in [0, 0.1) is 0 Å². The van der Waals surface area contributed by atoms with Gasteiger partial charge in [-0.3, -0.25) is 0 Å². The molecule has 0 N–H and O–H groups in total. The molecule has 0 saturated heterocycles. The van der Waals surface area contributed by atoms with E-state index in [1.807, 2.05) is 13.0 Å². The Hall–Kier alpha value is -0.540. The van der Waals surface area contributed by atoms with E-state index in [9.17, 15) is 4.79 Å². The molecule has 0 aliphatic carbocycles. The maximum absolute atomic E-state index is 10.5. The van der Waals surface area contributed by atoms with Gasteiger partial charge in [0.2, 0.25) is 0 Å². The van der Waals surface area contributed by atoms with Gasteiger partial charge in [-0.15, -0.1) is 0 Å². The van der Waals surface area contributed by atoms with E-state index in [0.717, 1.165) is 16.3 Å². The second-order valence-corrected chi connectivity index (χ2v) is 4.64. The predicted molar refractivity (Wildman–Crippen MR) is 64.8 cm³/mol. The highest BCUT2D eigenvalue weighted by Gasteiger charge is 2.15. The fourth-order valence-corrected chi connectivity index (χ4v) is 2.34. The Kier molecular flexibility index (Phi) is 4.61. The average Bonchev–Trinajstić information content (AvgIpc) is 2.17. The quantitative estimate of drug-likeness (QED) is 0.789. The number of aldehydes is 1. The van der Waals surface area contributed by atoms with Crippen molar-refractivity contribution in [2.24, 2.45) is 0 Å². The minimum absolute atomic E-state index is 0.104. The van der Waals surface area contributed by atoms with Gasteiger partial charge >= 0.3 is 0 Å². The van der Waals surface area contributed by atoms with E-state index in [2.05, 4.69) is 15.9 Å². The lowest BCUT2D eigenvalue weighted by atomic mass is 9.97. The molecule has 0 spiro atoms. The molecule has 0 radical (unpaired) electrons. The van der Waals surface area contributed by atoms with Gasteiger partial charge in [-0.25, -0.2) is 0 Å². The van der Waals surface area contributed by atoms with Gasteiger partial charge in [0, 0.05) is 16.5 Å². The van der Waals surface area contributed by atoms with Crippen LogP contribution >= 0.6 is 27.5 Å². The zero-order valence-electron chi connectivity index (χ0n) is 8.59. The van der Waals surface area contributed by atoms with Gasteiger partial charge in [-0.1, -0.05) is 34.5 Å². The molecule has 1 atom stereocenters. The van der Waals surface area contributed by atoms with Gasteiger partial charge in [0.1, 0.15) is 12.0 Å². The Labute approximate surface area is 103 Å². The summed E-state index contributed by atoms with van der Waals surface area (Å²) in [6.45, 7) is 1.97. The zero-order valence-corrected chi connectivity index (χ0v) is 10.9. The van der Waals surface area contributed by atoms with Crippen LogP contribution in [0.2, 0.25) is 5.02 Å².